The van der Waals surface area contributed by atoms with Crippen LogP contribution in [0.2, 0.25) is 0 Å². The van der Waals surface area contributed by atoms with E-state index in [1.807, 2.05) is 19.1 Å². The molecule has 1 amide bonds. The predicted octanol–water partition coefficient (Wildman–Crippen LogP) is 5.48. The van der Waals surface area contributed by atoms with E-state index in [1.165, 1.54) is 27.8 Å². The van der Waals surface area contributed by atoms with E-state index in [4.69, 9.17) is 0 Å². The molecule has 0 radical (unpaired) electrons. The maximum absolute atomic E-state index is 12.2. The van der Waals surface area contributed by atoms with Crippen LogP contribution in [0.4, 0.5) is 0 Å². The molecule has 2 aromatic rings. The number of hydrogen-bond acceptors (Lipinski definition) is 2. The number of benzene rings is 2. The minimum absolute atomic E-state index is 0.0325. The first kappa shape index (κ1) is 19.1. The molecule has 2 rings (SSSR count). The van der Waals surface area contributed by atoms with Crippen LogP contribution in [0.3, 0.4) is 0 Å². The van der Waals surface area contributed by atoms with Crippen molar-refractivity contribution in [3.8, 4) is 0 Å². The van der Waals surface area contributed by atoms with Gasteiger partial charge in [-0.25, -0.2) is 0 Å². The van der Waals surface area contributed by atoms with Gasteiger partial charge in [-0.15, -0.1) is 11.8 Å². The van der Waals surface area contributed by atoms with E-state index in [9.17, 15) is 4.79 Å². The highest BCUT2D eigenvalue weighted by Crippen LogP contribution is 2.22. The molecule has 24 heavy (non-hydrogen) atoms. The smallest absolute Gasteiger partial charge is 0.230 e. The maximum Gasteiger partial charge on any atom is 0.230 e. The largest absolute Gasteiger partial charge is 0.349 e. The minimum Gasteiger partial charge on any atom is -0.349 e. The molecule has 0 aliphatic heterocycles. The molecular weight excluding hydrogens is 382 g/mol. The van der Waals surface area contributed by atoms with Gasteiger partial charge in [-0.3, -0.25) is 4.79 Å². The lowest BCUT2D eigenvalue weighted by Crippen LogP contribution is -2.28. The molecule has 0 saturated carbocycles. The Morgan fingerprint density at radius 1 is 1.08 bits per heavy atom. The Kier molecular flexibility index (Phi) is 6.93. The molecule has 0 fully saturated rings. The predicted molar refractivity (Wildman–Crippen MR) is 108 cm³/mol. The second-order valence-corrected chi connectivity index (χ2v) is 8.10. The van der Waals surface area contributed by atoms with E-state index in [-0.39, 0.29) is 11.9 Å². The molecule has 2 aromatic carbocycles. The minimum atomic E-state index is 0.0325. The summed E-state index contributed by atoms with van der Waals surface area (Å²) in [6, 6.07) is 12.6. The summed E-state index contributed by atoms with van der Waals surface area (Å²) in [5.41, 5.74) is 6.22. The Labute approximate surface area is 157 Å². The zero-order chi connectivity index (χ0) is 17.7. The molecule has 0 aromatic heterocycles. The van der Waals surface area contributed by atoms with Gasteiger partial charge in [0, 0.05) is 10.2 Å². The number of carbonyl (C=O) groups is 1. The number of carbonyl (C=O) groups excluding carboxylic acids is 1. The Balaban J connectivity index is 1.85. The van der Waals surface area contributed by atoms with Crippen molar-refractivity contribution in [1.29, 1.82) is 0 Å². The first-order valence-corrected chi connectivity index (χ1v) is 10.0. The van der Waals surface area contributed by atoms with Crippen molar-refractivity contribution >= 4 is 33.6 Å². The van der Waals surface area contributed by atoms with E-state index in [1.54, 1.807) is 11.8 Å². The van der Waals surface area contributed by atoms with Gasteiger partial charge in [-0.1, -0.05) is 40.2 Å². The molecule has 1 atom stereocenters. The number of thioether (sulfide) groups is 1. The second kappa shape index (κ2) is 8.72. The first-order valence-electron chi connectivity index (χ1n) is 8.06. The van der Waals surface area contributed by atoms with Crippen LogP contribution in [-0.4, -0.2) is 11.7 Å². The van der Waals surface area contributed by atoms with Gasteiger partial charge < -0.3 is 5.32 Å². The fraction of sp³-hybridized carbons (Fsp3) is 0.350. The third-order valence-corrected chi connectivity index (χ3v) is 5.67. The molecule has 0 spiro atoms. The number of amides is 1. The fourth-order valence-corrected chi connectivity index (χ4v) is 3.72. The lowest BCUT2D eigenvalue weighted by Gasteiger charge is -2.18. The normalized spacial score (nSPS) is 12.0. The second-order valence-electron chi connectivity index (χ2n) is 6.20. The van der Waals surface area contributed by atoms with Crippen LogP contribution in [0.5, 0.6) is 0 Å². The average Bonchev–Trinajstić information content (AvgIpc) is 2.52. The molecular formula is C20H24BrNOS. The first-order chi connectivity index (χ1) is 11.4. The zero-order valence-corrected chi connectivity index (χ0v) is 17.1. The molecule has 0 aliphatic rings. The molecule has 128 valence electrons. The van der Waals surface area contributed by atoms with Crippen LogP contribution >= 0.6 is 27.7 Å². The van der Waals surface area contributed by atoms with Crippen molar-refractivity contribution in [2.75, 3.05) is 5.75 Å². The van der Waals surface area contributed by atoms with Gasteiger partial charge in [-0.2, -0.15) is 0 Å². The Morgan fingerprint density at radius 3 is 2.38 bits per heavy atom. The molecule has 0 heterocycles. The number of rotatable bonds is 6. The zero-order valence-electron chi connectivity index (χ0n) is 14.7. The highest BCUT2D eigenvalue weighted by Gasteiger charge is 2.13. The van der Waals surface area contributed by atoms with Crippen molar-refractivity contribution in [3.05, 3.63) is 68.7 Å². The van der Waals surface area contributed by atoms with Gasteiger partial charge in [0.1, 0.15) is 0 Å². The SMILES string of the molecule is Cc1cc(C)c(C(C)NC(=O)CSCc2ccc(Br)cc2)cc1C. The van der Waals surface area contributed by atoms with Gasteiger partial charge in [0.25, 0.3) is 0 Å². The summed E-state index contributed by atoms with van der Waals surface area (Å²) in [5.74, 6) is 1.41. The van der Waals surface area contributed by atoms with Gasteiger partial charge in [0.05, 0.1) is 11.8 Å². The highest BCUT2D eigenvalue weighted by atomic mass is 79.9. The number of nitrogens with one attached hydrogen (secondary N) is 1. The van der Waals surface area contributed by atoms with Gasteiger partial charge in [-0.05, 0) is 67.6 Å². The van der Waals surface area contributed by atoms with Crippen LogP contribution in [-0.2, 0) is 10.5 Å². The van der Waals surface area contributed by atoms with Gasteiger partial charge >= 0.3 is 0 Å². The molecule has 1 N–H and O–H groups in total. The van der Waals surface area contributed by atoms with Crippen LogP contribution in [0.25, 0.3) is 0 Å². The quantitative estimate of drug-likeness (QED) is 0.688. The number of aryl methyl sites for hydroxylation is 3. The summed E-state index contributed by atoms with van der Waals surface area (Å²) in [6.07, 6.45) is 0. The monoisotopic (exact) mass is 405 g/mol. The molecule has 4 heteroatoms. The number of hydrogen-bond donors (Lipinski definition) is 1. The van der Waals surface area contributed by atoms with Crippen LogP contribution in [0.1, 0.15) is 40.8 Å². The lowest BCUT2D eigenvalue weighted by atomic mass is 9.96. The van der Waals surface area contributed by atoms with Crippen LogP contribution in [0, 0.1) is 20.8 Å². The third-order valence-electron chi connectivity index (χ3n) is 4.14. The van der Waals surface area contributed by atoms with Crippen molar-refractivity contribution < 1.29 is 4.79 Å². The van der Waals surface area contributed by atoms with E-state index >= 15 is 0 Å². The fourth-order valence-electron chi connectivity index (χ4n) is 2.65. The standard InChI is InChI=1S/C20H24BrNOS/c1-13-9-15(3)19(10-14(13)2)16(4)22-20(23)12-24-11-17-5-7-18(21)8-6-17/h5-10,16H,11-12H2,1-4H3,(H,22,23). The average molecular weight is 406 g/mol. The van der Waals surface area contributed by atoms with Crippen LogP contribution < -0.4 is 5.32 Å². The topological polar surface area (TPSA) is 29.1 Å². The molecule has 0 saturated heterocycles. The summed E-state index contributed by atoms with van der Waals surface area (Å²) in [6.45, 7) is 8.39. The Hall–Kier alpha value is -1.26. The third kappa shape index (κ3) is 5.38. The molecule has 1 unspecified atom stereocenters. The Morgan fingerprint density at radius 2 is 1.71 bits per heavy atom. The van der Waals surface area contributed by atoms with Crippen LogP contribution in [0.15, 0.2) is 40.9 Å². The van der Waals surface area contributed by atoms with Gasteiger partial charge in [0.15, 0.2) is 0 Å². The summed E-state index contributed by atoms with van der Waals surface area (Å²) < 4.78 is 1.08. The number of halogens is 1. The van der Waals surface area contributed by atoms with Crippen molar-refractivity contribution in [1.82, 2.24) is 5.32 Å². The summed E-state index contributed by atoms with van der Waals surface area (Å²) >= 11 is 5.07. The molecule has 2 nitrogen and oxygen atoms in total. The summed E-state index contributed by atoms with van der Waals surface area (Å²) in [4.78, 5) is 12.2. The highest BCUT2D eigenvalue weighted by molar-refractivity contribution is 9.10. The maximum atomic E-state index is 12.2. The molecule has 0 aliphatic carbocycles. The lowest BCUT2D eigenvalue weighted by molar-refractivity contribution is -0.119. The van der Waals surface area contributed by atoms with Gasteiger partial charge in [0.2, 0.25) is 5.91 Å². The summed E-state index contributed by atoms with van der Waals surface area (Å²) in [5, 5.41) is 3.11. The van der Waals surface area contributed by atoms with E-state index in [0.717, 1.165) is 10.2 Å². The van der Waals surface area contributed by atoms with Crippen molar-refractivity contribution in [3.63, 3.8) is 0 Å². The van der Waals surface area contributed by atoms with E-state index in [2.05, 4.69) is 66.3 Å². The molecule has 0 bridgehead atoms. The Bertz CT molecular complexity index is 712. The van der Waals surface area contributed by atoms with Crippen molar-refractivity contribution in [2.45, 2.75) is 39.5 Å². The van der Waals surface area contributed by atoms with E-state index in [0.29, 0.717) is 5.75 Å². The summed E-state index contributed by atoms with van der Waals surface area (Å²) in [7, 11) is 0. The van der Waals surface area contributed by atoms with E-state index < -0.39 is 0 Å². The van der Waals surface area contributed by atoms with Crippen molar-refractivity contribution in [2.24, 2.45) is 0 Å².